The van der Waals surface area contributed by atoms with Crippen molar-refractivity contribution in [1.29, 1.82) is 0 Å². The number of hydrogen-bond donors (Lipinski definition) is 6. The number of carbonyl (C=O) groups excluding carboxylic acids is 2. The summed E-state index contributed by atoms with van der Waals surface area (Å²) in [6, 6.07) is -3.15. The monoisotopic (exact) mass is 516 g/mol. The smallest absolute Gasteiger partial charge is 0.335 e. The lowest BCUT2D eigenvalue weighted by atomic mass is 9.84. The van der Waals surface area contributed by atoms with Gasteiger partial charge in [0.05, 0.1) is 6.04 Å². The number of carboxylic acids is 2. The summed E-state index contributed by atoms with van der Waals surface area (Å²) in [6.45, 7) is 3.37. The molecule has 2 saturated heterocycles. The maximum Gasteiger partial charge on any atom is 0.335 e. The number of aliphatic carboxylic acids is 2. The predicted molar refractivity (Wildman–Crippen MR) is 120 cm³/mol. The van der Waals surface area contributed by atoms with E-state index in [1.165, 1.54) is 11.8 Å². The van der Waals surface area contributed by atoms with E-state index in [4.69, 9.17) is 9.47 Å². The van der Waals surface area contributed by atoms with E-state index in [0.717, 1.165) is 19.3 Å². The van der Waals surface area contributed by atoms with Crippen molar-refractivity contribution in [2.24, 2.45) is 5.92 Å². The minimum absolute atomic E-state index is 0.0229. The number of fused-ring (bicyclic) bond motifs is 1. The highest BCUT2D eigenvalue weighted by Gasteiger charge is 2.52. The topological polar surface area (TPSA) is 203 Å². The Morgan fingerprint density at radius 1 is 1.06 bits per heavy atom. The maximum atomic E-state index is 13.5. The number of likely N-dealkylation sites (tertiary alicyclic amines) is 1. The fourth-order valence-electron chi connectivity index (χ4n) is 5.49. The fraction of sp³-hybridized carbons (Fsp3) is 0.826. The third-order valence-electron chi connectivity index (χ3n) is 7.36. The number of aliphatic hydroxyl groups excluding tert-OH is 3. The van der Waals surface area contributed by atoms with Crippen molar-refractivity contribution in [3.05, 3.63) is 0 Å². The first-order chi connectivity index (χ1) is 17.0. The summed E-state index contributed by atoms with van der Waals surface area (Å²) in [5.74, 6) is -4.07. The Hall–Kier alpha value is -2.32. The van der Waals surface area contributed by atoms with Gasteiger partial charge >= 0.3 is 17.9 Å². The third kappa shape index (κ3) is 5.80. The van der Waals surface area contributed by atoms with Gasteiger partial charge in [0.15, 0.2) is 6.10 Å². The molecule has 1 saturated carbocycles. The van der Waals surface area contributed by atoms with Crippen LogP contribution in [0.2, 0.25) is 0 Å². The van der Waals surface area contributed by atoms with Crippen molar-refractivity contribution in [2.75, 3.05) is 0 Å². The second-order valence-corrected chi connectivity index (χ2v) is 9.85. The molecule has 0 bridgehead atoms. The van der Waals surface area contributed by atoms with E-state index in [2.05, 4.69) is 5.32 Å². The molecule has 0 aromatic carbocycles. The van der Waals surface area contributed by atoms with Crippen molar-refractivity contribution in [3.8, 4) is 0 Å². The lowest BCUT2D eigenvalue weighted by Crippen LogP contribution is -2.61. The zero-order valence-corrected chi connectivity index (χ0v) is 20.4. The van der Waals surface area contributed by atoms with Gasteiger partial charge in [-0.2, -0.15) is 0 Å². The molecule has 13 nitrogen and oxygen atoms in total. The summed E-state index contributed by atoms with van der Waals surface area (Å²) in [5, 5.41) is 51.6. The first-order valence-corrected chi connectivity index (χ1v) is 12.4. The Bertz CT molecular complexity index is 839. The molecule has 3 fully saturated rings. The van der Waals surface area contributed by atoms with Crippen molar-refractivity contribution >= 4 is 23.8 Å². The molecule has 2 aliphatic heterocycles. The first-order valence-electron chi connectivity index (χ1n) is 12.4. The molecular weight excluding hydrogens is 480 g/mol. The number of amides is 1. The molecule has 10 atom stereocenters. The predicted octanol–water partition coefficient (Wildman–Crippen LogP) is -1.19. The molecule has 0 radical (unpaired) electrons. The van der Waals surface area contributed by atoms with Gasteiger partial charge in [-0.3, -0.25) is 14.9 Å². The van der Waals surface area contributed by atoms with Crippen LogP contribution in [-0.2, 0) is 28.7 Å². The molecule has 2 heterocycles. The van der Waals surface area contributed by atoms with Crippen LogP contribution < -0.4 is 5.32 Å². The molecule has 3 rings (SSSR count). The molecule has 204 valence electrons. The lowest BCUT2D eigenvalue weighted by molar-refractivity contribution is -0.287. The minimum atomic E-state index is -1.93. The number of carboxylic acid groups (broad SMARTS) is 2. The molecule has 0 aromatic rings. The van der Waals surface area contributed by atoms with E-state index in [-0.39, 0.29) is 18.4 Å². The van der Waals surface area contributed by atoms with E-state index >= 15 is 0 Å². The van der Waals surface area contributed by atoms with Crippen LogP contribution in [0.25, 0.3) is 0 Å². The average molecular weight is 517 g/mol. The van der Waals surface area contributed by atoms with Crippen molar-refractivity contribution in [2.45, 2.75) is 114 Å². The van der Waals surface area contributed by atoms with E-state index < -0.39 is 72.6 Å². The summed E-state index contributed by atoms with van der Waals surface area (Å²) >= 11 is 0. The highest BCUT2D eigenvalue weighted by Crippen LogP contribution is 2.41. The normalized spacial score (nSPS) is 36.0. The molecule has 1 aliphatic carbocycles. The van der Waals surface area contributed by atoms with Crippen molar-refractivity contribution in [3.63, 3.8) is 0 Å². The van der Waals surface area contributed by atoms with Crippen LogP contribution in [0.1, 0.15) is 58.8 Å². The van der Waals surface area contributed by atoms with E-state index in [0.29, 0.717) is 19.3 Å². The van der Waals surface area contributed by atoms with Gasteiger partial charge in [-0.1, -0.05) is 26.2 Å². The summed E-state index contributed by atoms with van der Waals surface area (Å²) < 4.78 is 10.3. The highest BCUT2D eigenvalue weighted by molar-refractivity contribution is 5.89. The van der Waals surface area contributed by atoms with Gasteiger partial charge in [0.1, 0.15) is 30.4 Å². The van der Waals surface area contributed by atoms with Crippen molar-refractivity contribution in [1.82, 2.24) is 10.2 Å². The molecule has 13 heteroatoms. The second kappa shape index (κ2) is 11.8. The third-order valence-corrected chi connectivity index (χ3v) is 7.36. The van der Waals surface area contributed by atoms with Gasteiger partial charge in [0.25, 0.3) is 0 Å². The number of aliphatic hydroxyl groups is 3. The van der Waals surface area contributed by atoms with Crippen LogP contribution in [-0.4, -0.2) is 109 Å². The van der Waals surface area contributed by atoms with Gasteiger partial charge in [0, 0.05) is 6.04 Å². The SMILES string of the molecule is CCC[C@H](N[C@@H](C)C(=O)N1[C@H](C(=O)O[C@@H]2O[C@H](C(=O)O)[C@@H](O)[C@H](O)[C@H]2O)C[C@@H]2CCCC[C@@H]21)C(=O)O. The van der Waals surface area contributed by atoms with Crippen LogP contribution in [0, 0.1) is 5.92 Å². The molecule has 3 aliphatic rings. The van der Waals surface area contributed by atoms with E-state index in [1.807, 2.05) is 6.92 Å². The summed E-state index contributed by atoms with van der Waals surface area (Å²) in [5.41, 5.74) is 0. The van der Waals surface area contributed by atoms with Crippen molar-refractivity contribution < 1.29 is 54.2 Å². The van der Waals surface area contributed by atoms with Crippen LogP contribution in [0.4, 0.5) is 0 Å². The number of carbonyl (C=O) groups is 4. The summed E-state index contributed by atoms with van der Waals surface area (Å²) in [6.07, 6.45) is -5.11. The lowest BCUT2D eigenvalue weighted by Gasteiger charge is -2.39. The number of rotatable bonds is 9. The fourth-order valence-corrected chi connectivity index (χ4v) is 5.49. The zero-order chi connectivity index (χ0) is 26.7. The number of esters is 1. The molecular formula is C23H36N2O11. The molecule has 0 spiro atoms. The standard InChI is InChI=1S/C23H36N2O11/c1-3-6-12(20(30)31)24-10(2)19(29)25-13-8-5-4-7-11(13)9-14(25)22(34)36-23-17(28)15(26)16(27)18(35-23)21(32)33/h10-18,23-24,26-28H,3-9H2,1-2H3,(H,30,31)(H,32,33)/t10-,11-,12-,13-,14-,15-,16-,17+,18-,23-/m0/s1. The Kier molecular flexibility index (Phi) is 9.28. The number of nitrogens with one attached hydrogen (secondary N) is 1. The van der Waals surface area contributed by atoms with Gasteiger partial charge in [0.2, 0.25) is 12.2 Å². The molecule has 36 heavy (non-hydrogen) atoms. The van der Waals surface area contributed by atoms with Crippen LogP contribution in [0.15, 0.2) is 0 Å². The van der Waals surface area contributed by atoms with E-state index in [1.54, 1.807) is 0 Å². The number of nitrogens with zero attached hydrogens (tertiary/aromatic N) is 1. The van der Waals surface area contributed by atoms with Gasteiger partial charge in [-0.15, -0.1) is 0 Å². The average Bonchev–Trinajstić information content (AvgIpc) is 3.22. The Morgan fingerprint density at radius 3 is 2.33 bits per heavy atom. The second-order valence-electron chi connectivity index (χ2n) is 9.85. The van der Waals surface area contributed by atoms with Crippen LogP contribution in [0.5, 0.6) is 0 Å². The molecule has 6 N–H and O–H groups in total. The highest BCUT2D eigenvalue weighted by atomic mass is 16.7. The van der Waals surface area contributed by atoms with Gasteiger partial charge in [-0.05, 0) is 38.5 Å². The molecule has 0 unspecified atom stereocenters. The Balaban J connectivity index is 1.78. The quantitative estimate of drug-likeness (QED) is 0.200. The van der Waals surface area contributed by atoms with E-state index in [9.17, 15) is 44.7 Å². The van der Waals surface area contributed by atoms with Crippen LogP contribution in [0.3, 0.4) is 0 Å². The molecule has 0 aromatic heterocycles. The van der Waals surface area contributed by atoms with Crippen LogP contribution >= 0.6 is 0 Å². The van der Waals surface area contributed by atoms with Gasteiger partial charge in [-0.25, -0.2) is 9.59 Å². The molecule has 1 amide bonds. The van der Waals surface area contributed by atoms with Gasteiger partial charge < -0.3 is 39.9 Å². The maximum absolute atomic E-state index is 13.5. The largest absolute Gasteiger partial charge is 0.480 e. The summed E-state index contributed by atoms with van der Waals surface area (Å²) in [4.78, 5) is 51.1. The summed E-state index contributed by atoms with van der Waals surface area (Å²) in [7, 11) is 0. The number of ether oxygens (including phenoxy) is 2. The Labute approximate surface area is 208 Å². The first kappa shape index (κ1) is 28.3. The minimum Gasteiger partial charge on any atom is -0.480 e. The zero-order valence-electron chi connectivity index (χ0n) is 20.4. The number of hydrogen-bond acceptors (Lipinski definition) is 10. The Morgan fingerprint density at radius 2 is 1.72 bits per heavy atom.